The van der Waals surface area contributed by atoms with Crippen LogP contribution in [0.1, 0.15) is 5.56 Å². The quantitative estimate of drug-likeness (QED) is 0.762. The first-order chi connectivity index (χ1) is 12.7. The van der Waals surface area contributed by atoms with Crippen molar-refractivity contribution in [2.45, 2.75) is 12.7 Å². The van der Waals surface area contributed by atoms with Gasteiger partial charge in [-0.3, -0.25) is 18.7 Å². The number of carbonyl (C=O) groups excluding carboxylic acids is 1. The topological polar surface area (TPSA) is 73.1 Å². The van der Waals surface area contributed by atoms with Crippen molar-refractivity contribution in [2.75, 3.05) is 5.32 Å². The minimum Gasteiger partial charge on any atom is -0.325 e. The fraction of sp³-hybridized carbons (Fsp3) is 0.167. The molecule has 0 aliphatic carbocycles. The second-order valence-electron chi connectivity index (χ2n) is 5.88. The van der Waals surface area contributed by atoms with Crippen molar-refractivity contribution in [3.8, 4) is 0 Å². The van der Waals surface area contributed by atoms with Gasteiger partial charge in [-0.15, -0.1) is 0 Å². The third-order valence-corrected chi connectivity index (χ3v) is 4.02. The molecule has 0 radical (unpaired) electrons. The molecule has 2 aromatic carbocycles. The summed E-state index contributed by atoms with van der Waals surface area (Å²) in [6.45, 7) is -0.455. The van der Waals surface area contributed by atoms with Crippen molar-refractivity contribution >= 4 is 22.5 Å². The molecular formula is C18H14F3N3O3. The number of aromatic nitrogens is 2. The lowest BCUT2D eigenvalue weighted by Gasteiger charge is -2.13. The standard InChI is InChI=1S/C18H14F3N3O3/c1-23-16(26)13-7-2-3-8-14(13)24(17(23)27)10-15(25)22-12-6-4-5-11(9-12)18(19,20)21/h2-9H,10H2,1H3,(H,22,25). The Hall–Kier alpha value is -3.36. The first-order valence-corrected chi connectivity index (χ1v) is 7.84. The van der Waals surface area contributed by atoms with Gasteiger partial charge in [0.2, 0.25) is 5.91 Å². The zero-order valence-corrected chi connectivity index (χ0v) is 14.1. The van der Waals surface area contributed by atoms with Crippen LogP contribution in [0.25, 0.3) is 10.9 Å². The van der Waals surface area contributed by atoms with Crippen LogP contribution in [-0.2, 0) is 24.6 Å². The number of carbonyl (C=O) groups is 1. The molecule has 0 saturated heterocycles. The highest BCUT2D eigenvalue weighted by Crippen LogP contribution is 2.30. The van der Waals surface area contributed by atoms with Crippen molar-refractivity contribution in [3.05, 3.63) is 74.9 Å². The molecular weight excluding hydrogens is 363 g/mol. The van der Waals surface area contributed by atoms with Gasteiger partial charge in [0.05, 0.1) is 16.5 Å². The van der Waals surface area contributed by atoms with Gasteiger partial charge in [-0.05, 0) is 30.3 Å². The smallest absolute Gasteiger partial charge is 0.325 e. The fourth-order valence-corrected chi connectivity index (χ4v) is 2.71. The zero-order valence-electron chi connectivity index (χ0n) is 14.1. The van der Waals surface area contributed by atoms with E-state index in [-0.39, 0.29) is 16.6 Å². The Morgan fingerprint density at radius 3 is 2.48 bits per heavy atom. The molecule has 1 aromatic heterocycles. The predicted octanol–water partition coefficient (Wildman–Crippen LogP) is 2.36. The number of fused-ring (bicyclic) bond motifs is 1. The molecule has 1 N–H and O–H groups in total. The minimum atomic E-state index is -4.54. The number of halogens is 3. The minimum absolute atomic E-state index is 0.0444. The number of nitrogens with one attached hydrogen (secondary N) is 1. The second-order valence-corrected chi connectivity index (χ2v) is 5.88. The number of hydrogen-bond donors (Lipinski definition) is 1. The summed E-state index contributed by atoms with van der Waals surface area (Å²) in [6, 6.07) is 10.5. The van der Waals surface area contributed by atoms with Gasteiger partial charge in [0.15, 0.2) is 0 Å². The summed E-state index contributed by atoms with van der Waals surface area (Å²) < 4.78 is 40.3. The molecule has 3 rings (SSSR count). The lowest BCUT2D eigenvalue weighted by molar-refractivity contribution is -0.137. The van der Waals surface area contributed by atoms with Gasteiger partial charge in [-0.1, -0.05) is 18.2 Å². The van der Waals surface area contributed by atoms with Crippen molar-refractivity contribution in [3.63, 3.8) is 0 Å². The zero-order chi connectivity index (χ0) is 19.8. The molecule has 0 saturated carbocycles. The van der Waals surface area contributed by atoms with Gasteiger partial charge in [0.1, 0.15) is 6.54 Å². The Morgan fingerprint density at radius 2 is 1.78 bits per heavy atom. The Balaban J connectivity index is 1.94. The van der Waals surface area contributed by atoms with Gasteiger partial charge < -0.3 is 5.32 Å². The third kappa shape index (κ3) is 3.62. The molecule has 0 unspecified atom stereocenters. The maximum absolute atomic E-state index is 12.8. The Bertz CT molecular complexity index is 1150. The first kappa shape index (κ1) is 18.4. The van der Waals surface area contributed by atoms with E-state index >= 15 is 0 Å². The van der Waals surface area contributed by atoms with Crippen molar-refractivity contribution in [2.24, 2.45) is 7.05 Å². The van der Waals surface area contributed by atoms with Crippen LogP contribution in [0.4, 0.5) is 18.9 Å². The number of benzene rings is 2. The van der Waals surface area contributed by atoms with E-state index in [2.05, 4.69) is 5.32 Å². The molecule has 1 amide bonds. The summed E-state index contributed by atoms with van der Waals surface area (Å²) in [7, 11) is 1.29. The molecule has 0 fully saturated rings. The number of alkyl halides is 3. The van der Waals surface area contributed by atoms with E-state index in [9.17, 15) is 27.6 Å². The average molecular weight is 377 g/mol. The van der Waals surface area contributed by atoms with Crippen molar-refractivity contribution in [1.29, 1.82) is 0 Å². The number of para-hydroxylation sites is 1. The van der Waals surface area contributed by atoms with Crippen LogP contribution in [0.2, 0.25) is 0 Å². The monoisotopic (exact) mass is 377 g/mol. The second kappa shape index (κ2) is 6.75. The largest absolute Gasteiger partial charge is 0.416 e. The lowest BCUT2D eigenvalue weighted by atomic mass is 10.2. The van der Waals surface area contributed by atoms with E-state index in [1.807, 2.05) is 0 Å². The van der Waals surface area contributed by atoms with E-state index in [1.54, 1.807) is 12.1 Å². The molecule has 6 nitrogen and oxygen atoms in total. The Kier molecular flexibility index (Phi) is 4.61. The number of nitrogens with zero attached hydrogens (tertiary/aromatic N) is 2. The van der Waals surface area contributed by atoms with E-state index in [1.165, 1.54) is 31.3 Å². The lowest BCUT2D eigenvalue weighted by Crippen LogP contribution is -2.40. The molecule has 0 atom stereocenters. The maximum Gasteiger partial charge on any atom is 0.416 e. The Morgan fingerprint density at radius 1 is 1.07 bits per heavy atom. The molecule has 3 aromatic rings. The molecule has 1 heterocycles. The predicted molar refractivity (Wildman–Crippen MR) is 93.5 cm³/mol. The molecule has 0 aliphatic rings. The normalized spacial score (nSPS) is 11.6. The number of rotatable bonds is 3. The molecule has 9 heteroatoms. The van der Waals surface area contributed by atoms with Gasteiger partial charge in [0.25, 0.3) is 5.56 Å². The third-order valence-electron chi connectivity index (χ3n) is 4.02. The number of hydrogen-bond acceptors (Lipinski definition) is 3. The van der Waals surface area contributed by atoms with Gasteiger partial charge >= 0.3 is 11.9 Å². The van der Waals surface area contributed by atoms with E-state index < -0.39 is 35.4 Å². The van der Waals surface area contributed by atoms with Crippen LogP contribution in [-0.4, -0.2) is 15.0 Å². The summed E-state index contributed by atoms with van der Waals surface area (Å²) in [5.41, 5.74) is -1.87. The highest BCUT2D eigenvalue weighted by atomic mass is 19.4. The summed E-state index contributed by atoms with van der Waals surface area (Å²) in [6.07, 6.45) is -4.54. The van der Waals surface area contributed by atoms with Crippen molar-refractivity contribution < 1.29 is 18.0 Å². The molecule has 0 aliphatic heterocycles. The van der Waals surface area contributed by atoms with E-state index in [0.717, 1.165) is 21.3 Å². The van der Waals surface area contributed by atoms with Gasteiger partial charge in [0, 0.05) is 12.7 Å². The van der Waals surface area contributed by atoms with Crippen LogP contribution in [0.5, 0.6) is 0 Å². The van der Waals surface area contributed by atoms with E-state index in [0.29, 0.717) is 0 Å². The summed E-state index contributed by atoms with van der Waals surface area (Å²) >= 11 is 0. The molecule has 0 bridgehead atoms. The molecule has 140 valence electrons. The van der Waals surface area contributed by atoms with Crippen LogP contribution >= 0.6 is 0 Å². The number of amides is 1. The average Bonchev–Trinajstić information content (AvgIpc) is 2.63. The SMILES string of the molecule is Cn1c(=O)c2ccccc2n(CC(=O)Nc2cccc(C(F)(F)F)c2)c1=O. The maximum atomic E-state index is 12.8. The van der Waals surface area contributed by atoms with Gasteiger partial charge in [-0.2, -0.15) is 13.2 Å². The van der Waals surface area contributed by atoms with Crippen LogP contribution in [0, 0.1) is 0 Å². The molecule has 0 spiro atoms. The molecule has 27 heavy (non-hydrogen) atoms. The summed E-state index contributed by atoms with van der Waals surface area (Å²) in [4.78, 5) is 36.8. The summed E-state index contributed by atoms with van der Waals surface area (Å²) in [5, 5.41) is 2.60. The van der Waals surface area contributed by atoms with Crippen LogP contribution < -0.4 is 16.6 Å². The summed E-state index contributed by atoms with van der Waals surface area (Å²) in [5.74, 6) is -0.694. The first-order valence-electron chi connectivity index (χ1n) is 7.84. The van der Waals surface area contributed by atoms with Crippen LogP contribution in [0.3, 0.4) is 0 Å². The highest BCUT2D eigenvalue weighted by Gasteiger charge is 2.30. The highest BCUT2D eigenvalue weighted by molar-refractivity contribution is 5.91. The van der Waals surface area contributed by atoms with Gasteiger partial charge in [-0.25, -0.2) is 4.79 Å². The van der Waals surface area contributed by atoms with Crippen molar-refractivity contribution in [1.82, 2.24) is 9.13 Å². The Labute approximate surface area is 150 Å². The number of anilines is 1. The van der Waals surface area contributed by atoms with Crippen LogP contribution in [0.15, 0.2) is 58.1 Å². The van der Waals surface area contributed by atoms with E-state index in [4.69, 9.17) is 0 Å². The fourth-order valence-electron chi connectivity index (χ4n) is 2.71.